The van der Waals surface area contributed by atoms with Gasteiger partial charge in [-0.2, -0.15) is 10.2 Å². The second kappa shape index (κ2) is 13.3. The Kier molecular flexibility index (Phi) is 11.9. The predicted molar refractivity (Wildman–Crippen MR) is 99.5 cm³/mol. The predicted octanol–water partition coefficient (Wildman–Crippen LogP) is 0.980. The molecule has 0 bridgehead atoms. The number of aryl methyl sites for hydroxylation is 4. The van der Waals surface area contributed by atoms with Crippen molar-refractivity contribution in [1.82, 2.24) is 20.4 Å². The molecule has 2 N–H and O–H groups in total. The van der Waals surface area contributed by atoms with E-state index in [0.717, 1.165) is 22.8 Å². The van der Waals surface area contributed by atoms with E-state index in [1.54, 1.807) is 18.2 Å². The van der Waals surface area contributed by atoms with Crippen LogP contribution in [0.25, 0.3) is 0 Å². The van der Waals surface area contributed by atoms with Crippen LogP contribution in [-0.4, -0.2) is 39.1 Å². The molecule has 1 radical (unpaired) electrons. The first-order valence-corrected chi connectivity index (χ1v) is 8.21. The summed E-state index contributed by atoms with van der Waals surface area (Å²) in [5, 5.41) is 34.4. The first kappa shape index (κ1) is 25.1. The van der Waals surface area contributed by atoms with Crippen molar-refractivity contribution in [2.24, 2.45) is 4.99 Å². The molecule has 1 aromatic carbocycles. The molecule has 28 heavy (non-hydrogen) atoms. The first-order valence-electron chi connectivity index (χ1n) is 8.21. The normalized spacial score (nSPS) is 9.57. The van der Waals surface area contributed by atoms with Crippen LogP contribution in [0.1, 0.15) is 28.3 Å². The van der Waals surface area contributed by atoms with Crippen molar-refractivity contribution >= 4 is 12.2 Å². The second-order valence-corrected chi connectivity index (χ2v) is 5.76. The summed E-state index contributed by atoms with van der Waals surface area (Å²) in [6, 6.07) is 10.3. The number of aliphatic imine (C=N–C) groups is 1. The number of hydrogen-bond donors (Lipinski definition) is 2. The maximum Gasteiger partial charge on any atom is 2.00 e. The smallest absolute Gasteiger partial charge is 0.872 e. The van der Waals surface area contributed by atoms with Crippen molar-refractivity contribution in [3.63, 3.8) is 0 Å². The summed E-state index contributed by atoms with van der Waals surface area (Å²) in [6.07, 6.45) is 1.23. The number of rotatable bonds is 3. The van der Waals surface area contributed by atoms with Gasteiger partial charge in [-0.25, -0.2) is 0 Å². The minimum atomic E-state index is -1.26. The number of nitrogens with zero attached hydrogens (tertiary/aromatic N) is 3. The Morgan fingerprint density at radius 3 is 1.86 bits per heavy atom. The number of hydrogen-bond acceptors (Lipinski definition) is 6. The van der Waals surface area contributed by atoms with E-state index in [0.29, 0.717) is 5.56 Å². The Bertz CT molecular complexity index is 803. The molecule has 3 rings (SSSR count). The second-order valence-electron chi connectivity index (χ2n) is 5.76. The van der Waals surface area contributed by atoms with E-state index < -0.39 is 12.5 Å². The van der Waals surface area contributed by atoms with Gasteiger partial charge in [0.25, 0.3) is 0 Å². The molecule has 0 fully saturated rings. The molecule has 0 aliphatic carbocycles. The van der Waals surface area contributed by atoms with Crippen LogP contribution in [-0.2, 0) is 21.9 Å². The SMILES string of the molecule is Cc1cc(C)[nH]n1.Cc1cc(C)[nH]n1.O=C([O-])CN=Cc1ccccc1[O-].[Cu+2]. The number of carbonyl (C=O) groups is 1. The molecule has 153 valence electrons. The summed E-state index contributed by atoms with van der Waals surface area (Å²) in [4.78, 5) is 13.5. The zero-order valence-electron chi connectivity index (χ0n) is 16.1. The minimum Gasteiger partial charge on any atom is -0.872 e. The number of carboxylic acids is 1. The van der Waals surface area contributed by atoms with Crippen LogP contribution in [0.2, 0.25) is 0 Å². The van der Waals surface area contributed by atoms with Crippen molar-refractivity contribution < 1.29 is 32.1 Å². The van der Waals surface area contributed by atoms with Gasteiger partial charge in [0.1, 0.15) is 0 Å². The molecule has 9 heteroatoms. The third-order valence-corrected chi connectivity index (χ3v) is 3.04. The van der Waals surface area contributed by atoms with E-state index in [4.69, 9.17) is 0 Å². The number of para-hydroxylation sites is 1. The molecule has 2 aromatic heterocycles. The maximum atomic E-state index is 11.0. The van der Waals surface area contributed by atoms with Crippen LogP contribution >= 0.6 is 0 Å². The quantitative estimate of drug-likeness (QED) is 0.470. The molecule has 0 aliphatic rings. The van der Waals surface area contributed by atoms with Crippen molar-refractivity contribution in [2.75, 3.05) is 6.54 Å². The summed E-state index contributed by atoms with van der Waals surface area (Å²) >= 11 is 0. The minimum absolute atomic E-state index is 0. The fourth-order valence-corrected chi connectivity index (χ4v) is 1.91. The van der Waals surface area contributed by atoms with Crippen LogP contribution in [0.15, 0.2) is 41.4 Å². The molecule has 0 saturated carbocycles. The Morgan fingerprint density at radius 1 is 1.04 bits per heavy atom. The molecular formula is C19H23CuN5O3. The third-order valence-electron chi connectivity index (χ3n) is 3.04. The van der Waals surface area contributed by atoms with Gasteiger partial charge < -0.3 is 15.0 Å². The average Bonchev–Trinajstić information content (AvgIpc) is 3.17. The van der Waals surface area contributed by atoms with Gasteiger partial charge in [0.15, 0.2) is 0 Å². The molecule has 0 aliphatic heterocycles. The summed E-state index contributed by atoms with van der Waals surface area (Å²) in [7, 11) is 0. The number of aliphatic carboxylic acids is 1. The topological polar surface area (TPSA) is 133 Å². The molecule has 0 amide bonds. The van der Waals surface area contributed by atoms with E-state index in [2.05, 4.69) is 25.4 Å². The summed E-state index contributed by atoms with van der Waals surface area (Å²) in [6.45, 7) is 7.47. The monoisotopic (exact) mass is 432 g/mol. The Labute approximate surface area is 174 Å². The van der Waals surface area contributed by atoms with Gasteiger partial charge in [-0.05, 0) is 45.4 Å². The summed E-state index contributed by atoms with van der Waals surface area (Å²) < 4.78 is 0. The van der Waals surface area contributed by atoms with Crippen molar-refractivity contribution in [3.8, 4) is 5.75 Å². The fraction of sp³-hybridized carbons (Fsp3) is 0.263. The van der Waals surface area contributed by atoms with Gasteiger partial charge in [0.2, 0.25) is 0 Å². The van der Waals surface area contributed by atoms with Gasteiger partial charge in [-0.1, -0.05) is 24.3 Å². The van der Waals surface area contributed by atoms with Gasteiger partial charge in [0.05, 0.1) is 23.9 Å². The number of carboxylic acid groups (broad SMARTS) is 1. The average molecular weight is 433 g/mol. The van der Waals surface area contributed by atoms with E-state index in [9.17, 15) is 15.0 Å². The number of aromatic amines is 2. The zero-order chi connectivity index (χ0) is 20.2. The van der Waals surface area contributed by atoms with Crippen LogP contribution in [0.3, 0.4) is 0 Å². The van der Waals surface area contributed by atoms with Crippen LogP contribution in [0.4, 0.5) is 0 Å². The molecule has 0 atom stereocenters. The number of aromatic nitrogens is 4. The number of H-pyrrole nitrogens is 2. The van der Waals surface area contributed by atoms with Crippen LogP contribution in [0, 0.1) is 27.7 Å². The van der Waals surface area contributed by atoms with Crippen molar-refractivity contribution in [3.05, 3.63) is 64.7 Å². The van der Waals surface area contributed by atoms with Gasteiger partial charge in [-0.3, -0.25) is 15.2 Å². The molecule has 0 unspecified atom stereocenters. The van der Waals surface area contributed by atoms with Gasteiger partial charge in [0, 0.05) is 17.6 Å². The first-order chi connectivity index (χ1) is 12.8. The maximum absolute atomic E-state index is 11.0. The van der Waals surface area contributed by atoms with E-state index >= 15 is 0 Å². The largest absolute Gasteiger partial charge is 2.00 e. The molecule has 0 spiro atoms. The number of nitrogens with one attached hydrogen (secondary N) is 2. The van der Waals surface area contributed by atoms with E-state index in [1.807, 2.05) is 39.8 Å². The molecule has 2 heterocycles. The van der Waals surface area contributed by atoms with Crippen LogP contribution in [0.5, 0.6) is 5.75 Å². The Balaban J connectivity index is 0.000000414. The van der Waals surface area contributed by atoms with Gasteiger partial charge in [-0.15, -0.1) is 5.75 Å². The summed E-state index contributed by atoms with van der Waals surface area (Å²) in [5.74, 6) is -1.44. The third kappa shape index (κ3) is 10.9. The zero-order valence-corrected chi connectivity index (χ0v) is 17.1. The fourth-order valence-electron chi connectivity index (χ4n) is 1.91. The molecule has 3 aromatic rings. The molecular weight excluding hydrogens is 410 g/mol. The summed E-state index contributed by atoms with van der Waals surface area (Å²) in [5.41, 5.74) is 4.73. The number of benzene rings is 1. The van der Waals surface area contributed by atoms with E-state index in [-0.39, 0.29) is 22.8 Å². The van der Waals surface area contributed by atoms with Crippen LogP contribution < -0.4 is 10.2 Å². The van der Waals surface area contributed by atoms with Gasteiger partial charge >= 0.3 is 17.1 Å². The standard InChI is InChI=1S/C9H9NO3.2C5H8N2.Cu/c11-8-4-2-1-3-7(8)5-10-6-9(12)13;2*1-4-3-5(2)7-6-4;/h1-5,11H,6H2,(H,12,13);2*3H,1-2H3,(H,6,7);/q;;;+2/p-2. The Hall–Kier alpha value is -2.90. The molecule has 8 nitrogen and oxygen atoms in total. The van der Waals surface area contributed by atoms with Crippen molar-refractivity contribution in [2.45, 2.75) is 27.7 Å². The van der Waals surface area contributed by atoms with E-state index in [1.165, 1.54) is 12.3 Å². The van der Waals surface area contributed by atoms with Crippen molar-refractivity contribution in [1.29, 1.82) is 0 Å². The Morgan fingerprint density at radius 2 is 1.54 bits per heavy atom. The molecule has 0 saturated heterocycles. The number of carbonyl (C=O) groups excluding carboxylic acids is 1.